The van der Waals surface area contributed by atoms with Gasteiger partial charge in [-0.3, -0.25) is 9.48 Å². The van der Waals surface area contributed by atoms with Crippen LogP contribution in [0.5, 0.6) is 0 Å². The van der Waals surface area contributed by atoms with Crippen LogP contribution in [-0.4, -0.2) is 27.4 Å². The van der Waals surface area contributed by atoms with Crippen LogP contribution in [-0.2, 0) is 24.8 Å². The second-order valence-electron chi connectivity index (χ2n) is 4.09. The van der Waals surface area contributed by atoms with Gasteiger partial charge >= 0.3 is 0 Å². The van der Waals surface area contributed by atoms with E-state index >= 15 is 0 Å². The molecule has 0 unspecified atom stereocenters. The number of aliphatic hydroxyl groups excluding tert-OH is 1. The van der Waals surface area contributed by atoms with Gasteiger partial charge in [-0.2, -0.15) is 5.10 Å². The van der Waals surface area contributed by atoms with Gasteiger partial charge in [0.05, 0.1) is 5.69 Å². The molecule has 0 aliphatic heterocycles. The van der Waals surface area contributed by atoms with Gasteiger partial charge in [-0.25, -0.2) is 0 Å². The highest BCUT2D eigenvalue weighted by Crippen LogP contribution is 2.06. The largest absolute Gasteiger partial charge is 0.396 e. The fraction of sp³-hybridized carbons (Fsp3) is 0.667. The molecule has 0 aromatic carbocycles. The van der Waals surface area contributed by atoms with Crippen LogP contribution in [0.4, 0.5) is 0 Å². The SMILES string of the molecule is CCc1nn(C)cc1CNC(=O)CCCCO. The van der Waals surface area contributed by atoms with Crippen molar-refractivity contribution in [3.8, 4) is 0 Å². The number of rotatable bonds is 7. The summed E-state index contributed by atoms with van der Waals surface area (Å²) < 4.78 is 1.77. The Kier molecular flexibility index (Phi) is 5.69. The number of carbonyl (C=O) groups is 1. The van der Waals surface area contributed by atoms with Crippen LogP contribution in [0.25, 0.3) is 0 Å². The molecule has 0 saturated carbocycles. The summed E-state index contributed by atoms with van der Waals surface area (Å²) in [7, 11) is 1.88. The van der Waals surface area contributed by atoms with Crippen molar-refractivity contribution >= 4 is 5.91 Å². The Morgan fingerprint density at radius 3 is 2.94 bits per heavy atom. The van der Waals surface area contributed by atoms with Crippen molar-refractivity contribution in [1.29, 1.82) is 0 Å². The molecule has 5 nitrogen and oxygen atoms in total. The van der Waals surface area contributed by atoms with E-state index in [0.29, 0.717) is 19.4 Å². The molecule has 0 bridgehead atoms. The fourth-order valence-electron chi connectivity index (χ4n) is 1.71. The molecule has 0 saturated heterocycles. The quantitative estimate of drug-likeness (QED) is 0.690. The maximum atomic E-state index is 11.5. The molecular weight excluding hydrogens is 218 g/mol. The number of nitrogens with one attached hydrogen (secondary N) is 1. The molecule has 0 spiro atoms. The lowest BCUT2D eigenvalue weighted by molar-refractivity contribution is -0.121. The number of nitrogens with zero attached hydrogens (tertiary/aromatic N) is 2. The first-order chi connectivity index (χ1) is 8.17. The summed E-state index contributed by atoms with van der Waals surface area (Å²) in [5, 5.41) is 15.8. The molecule has 0 fully saturated rings. The molecule has 0 radical (unpaired) electrons. The van der Waals surface area contributed by atoms with E-state index in [-0.39, 0.29) is 12.5 Å². The van der Waals surface area contributed by atoms with E-state index in [1.165, 1.54) is 0 Å². The zero-order valence-electron chi connectivity index (χ0n) is 10.6. The minimum Gasteiger partial charge on any atom is -0.396 e. The van der Waals surface area contributed by atoms with E-state index in [9.17, 15) is 4.79 Å². The summed E-state index contributed by atoms with van der Waals surface area (Å²) in [4.78, 5) is 11.5. The number of aryl methyl sites for hydroxylation is 2. The third-order valence-electron chi connectivity index (χ3n) is 2.61. The number of amides is 1. The fourth-order valence-corrected chi connectivity index (χ4v) is 1.71. The third kappa shape index (κ3) is 4.56. The number of aromatic nitrogens is 2. The molecule has 1 amide bonds. The Bertz CT molecular complexity index is 361. The van der Waals surface area contributed by atoms with E-state index in [2.05, 4.69) is 17.3 Å². The summed E-state index contributed by atoms with van der Waals surface area (Å²) in [6, 6.07) is 0. The van der Waals surface area contributed by atoms with Crippen LogP contribution in [0.3, 0.4) is 0 Å². The van der Waals surface area contributed by atoms with E-state index in [4.69, 9.17) is 5.11 Å². The maximum Gasteiger partial charge on any atom is 0.220 e. The van der Waals surface area contributed by atoms with Crippen LogP contribution in [0.1, 0.15) is 37.4 Å². The normalized spacial score (nSPS) is 10.5. The van der Waals surface area contributed by atoms with Gasteiger partial charge in [-0.05, 0) is 19.3 Å². The van der Waals surface area contributed by atoms with E-state index in [1.54, 1.807) is 4.68 Å². The van der Waals surface area contributed by atoms with Gasteiger partial charge in [0, 0.05) is 38.4 Å². The molecule has 2 N–H and O–H groups in total. The number of carbonyl (C=O) groups excluding carboxylic acids is 1. The Balaban J connectivity index is 2.36. The Hall–Kier alpha value is -1.36. The Morgan fingerprint density at radius 1 is 1.53 bits per heavy atom. The lowest BCUT2D eigenvalue weighted by Gasteiger charge is -2.04. The first kappa shape index (κ1) is 13.7. The summed E-state index contributed by atoms with van der Waals surface area (Å²) in [5.74, 6) is 0.0318. The van der Waals surface area contributed by atoms with Crippen LogP contribution < -0.4 is 5.32 Å². The molecule has 0 aliphatic rings. The third-order valence-corrected chi connectivity index (χ3v) is 2.61. The minimum absolute atomic E-state index is 0.0318. The summed E-state index contributed by atoms with van der Waals surface area (Å²) in [6.45, 7) is 2.74. The topological polar surface area (TPSA) is 67.2 Å². The molecule has 0 atom stereocenters. The van der Waals surface area contributed by atoms with Crippen molar-refractivity contribution in [2.24, 2.45) is 7.05 Å². The molecule has 0 aliphatic carbocycles. The summed E-state index contributed by atoms with van der Waals surface area (Å²) in [6.07, 6.45) is 4.70. The van der Waals surface area contributed by atoms with Crippen LogP contribution in [0, 0.1) is 0 Å². The molecular formula is C12H21N3O2. The monoisotopic (exact) mass is 239 g/mol. The number of unbranched alkanes of at least 4 members (excludes halogenated alkanes) is 1. The number of hydrogen-bond acceptors (Lipinski definition) is 3. The predicted octanol–water partition coefficient (Wildman–Crippen LogP) is 0.761. The van der Waals surface area contributed by atoms with Gasteiger partial charge in [0.2, 0.25) is 5.91 Å². The van der Waals surface area contributed by atoms with E-state index < -0.39 is 0 Å². The van der Waals surface area contributed by atoms with Crippen molar-refractivity contribution in [1.82, 2.24) is 15.1 Å². The smallest absolute Gasteiger partial charge is 0.220 e. The van der Waals surface area contributed by atoms with Crippen molar-refractivity contribution < 1.29 is 9.90 Å². The first-order valence-corrected chi connectivity index (χ1v) is 6.06. The highest BCUT2D eigenvalue weighted by atomic mass is 16.2. The highest BCUT2D eigenvalue weighted by Gasteiger charge is 2.07. The second-order valence-corrected chi connectivity index (χ2v) is 4.09. The Morgan fingerprint density at radius 2 is 2.29 bits per heavy atom. The van der Waals surface area contributed by atoms with Crippen molar-refractivity contribution in [3.05, 3.63) is 17.5 Å². The summed E-state index contributed by atoms with van der Waals surface area (Å²) >= 11 is 0. The lowest BCUT2D eigenvalue weighted by Crippen LogP contribution is -2.22. The van der Waals surface area contributed by atoms with Gasteiger partial charge in [-0.15, -0.1) is 0 Å². The minimum atomic E-state index is 0.0318. The first-order valence-electron chi connectivity index (χ1n) is 6.06. The number of hydrogen-bond donors (Lipinski definition) is 2. The van der Waals surface area contributed by atoms with Crippen LogP contribution in [0.2, 0.25) is 0 Å². The predicted molar refractivity (Wildman–Crippen MR) is 65.4 cm³/mol. The van der Waals surface area contributed by atoms with Crippen LogP contribution >= 0.6 is 0 Å². The van der Waals surface area contributed by atoms with Crippen molar-refractivity contribution in [2.45, 2.75) is 39.2 Å². The van der Waals surface area contributed by atoms with Gasteiger partial charge in [0.15, 0.2) is 0 Å². The van der Waals surface area contributed by atoms with Gasteiger partial charge < -0.3 is 10.4 Å². The Labute approximate surface area is 102 Å². The molecule has 1 heterocycles. The highest BCUT2D eigenvalue weighted by molar-refractivity contribution is 5.75. The maximum absolute atomic E-state index is 11.5. The molecule has 5 heteroatoms. The standard InChI is InChI=1S/C12H21N3O2/c1-3-11-10(9-15(2)14-11)8-13-12(17)6-4-5-7-16/h9,16H,3-8H2,1-2H3,(H,13,17). The average Bonchev–Trinajstić information content (AvgIpc) is 2.67. The second kappa shape index (κ2) is 7.06. The van der Waals surface area contributed by atoms with Crippen LogP contribution in [0.15, 0.2) is 6.20 Å². The summed E-state index contributed by atoms with van der Waals surface area (Å²) in [5.41, 5.74) is 2.11. The molecule has 1 aromatic rings. The lowest BCUT2D eigenvalue weighted by atomic mass is 10.2. The molecule has 96 valence electrons. The van der Waals surface area contributed by atoms with Gasteiger partial charge in [0.25, 0.3) is 0 Å². The van der Waals surface area contributed by atoms with E-state index in [1.807, 2.05) is 13.2 Å². The van der Waals surface area contributed by atoms with Gasteiger partial charge in [-0.1, -0.05) is 6.92 Å². The zero-order chi connectivity index (χ0) is 12.7. The van der Waals surface area contributed by atoms with Crippen molar-refractivity contribution in [3.63, 3.8) is 0 Å². The number of aliphatic hydroxyl groups is 1. The molecule has 1 aromatic heterocycles. The zero-order valence-corrected chi connectivity index (χ0v) is 10.6. The molecule has 17 heavy (non-hydrogen) atoms. The molecule has 1 rings (SSSR count). The van der Waals surface area contributed by atoms with Gasteiger partial charge in [0.1, 0.15) is 0 Å². The van der Waals surface area contributed by atoms with E-state index in [0.717, 1.165) is 24.1 Å². The average molecular weight is 239 g/mol. The van der Waals surface area contributed by atoms with Crippen molar-refractivity contribution in [2.75, 3.05) is 6.61 Å².